The zero-order valence-corrected chi connectivity index (χ0v) is 13.3. The molecule has 3 nitrogen and oxygen atoms in total. The summed E-state index contributed by atoms with van der Waals surface area (Å²) in [4.78, 5) is 0. The average Bonchev–Trinajstić information content (AvgIpc) is 2.60. The summed E-state index contributed by atoms with van der Waals surface area (Å²) in [5, 5.41) is 11.9. The Morgan fingerprint density at radius 2 is 1.88 bits per heavy atom. The maximum Gasteiger partial charge on any atom is 0.205 e. The van der Waals surface area contributed by atoms with Gasteiger partial charge in [0.05, 0.1) is 5.92 Å². The van der Waals surface area contributed by atoms with Crippen LogP contribution in [-0.2, 0) is 0 Å². The van der Waals surface area contributed by atoms with E-state index < -0.39 is 0 Å². The predicted molar refractivity (Wildman–Crippen MR) is 94.4 cm³/mol. The molecule has 3 heteroatoms. The number of aryl methyl sites for hydroxylation is 1. The van der Waals surface area contributed by atoms with Crippen molar-refractivity contribution in [2.24, 2.45) is 5.73 Å². The highest BCUT2D eigenvalue weighted by atomic mass is 16.5. The van der Waals surface area contributed by atoms with Crippen molar-refractivity contribution in [3.8, 4) is 11.8 Å². The van der Waals surface area contributed by atoms with Gasteiger partial charge in [-0.25, -0.2) is 0 Å². The molecule has 0 aliphatic carbocycles. The van der Waals surface area contributed by atoms with Crippen LogP contribution in [0.3, 0.4) is 0 Å². The second-order valence-corrected chi connectivity index (χ2v) is 6.04. The van der Waals surface area contributed by atoms with Crippen LogP contribution in [0, 0.1) is 18.3 Å². The van der Waals surface area contributed by atoms with E-state index in [9.17, 15) is 5.26 Å². The minimum atomic E-state index is -0.218. The Kier molecular flexibility index (Phi) is 3.25. The minimum Gasteiger partial charge on any atom is -0.440 e. The summed E-state index contributed by atoms with van der Waals surface area (Å²) in [6.45, 7) is 2.05. The largest absolute Gasteiger partial charge is 0.440 e. The van der Waals surface area contributed by atoms with E-state index in [4.69, 9.17) is 10.5 Å². The first-order valence-corrected chi connectivity index (χ1v) is 7.85. The number of ether oxygens (including phenoxy) is 1. The SMILES string of the molecule is Cc1cccc([C@H]2C(C#N)=C(N)Oc3ccc4ccccc4c32)c1. The van der Waals surface area contributed by atoms with E-state index in [-0.39, 0.29) is 11.8 Å². The number of rotatable bonds is 1. The summed E-state index contributed by atoms with van der Waals surface area (Å²) in [7, 11) is 0. The van der Waals surface area contributed by atoms with Gasteiger partial charge in [0.15, 0.2) is 0 Å². The Morgan fingerprint density at radius 1 is 1.04 bits per heavy atom. The van der Waals surface area contributed by atoms with Crippen LogP contribution in [0.5, 0.6) is 5.75 Å². The Bertz CT molecular complexity index is 1030. The van der Waals surface area contributed by atoms with Crippen molar-refractivity contribution in [3.05, 3.63) is 88.8 Å². The fraction of sp³-hybridized carbons (Fsp3) is 0.0952. The third-order valence-electron chi connectivity index (χ3n) is 4.49. The lowest BCUT2D eigenvalue weighted by atomic mass is 9.81. The van der Waals surface area contributed by atoms with Crippen LogP contribution in [-0.4, -0.2) is 0 Å². The fourth-order valence-corrected chi connectivity index (χ4v) is 3.43. The maximum atomic E-state index is 9.69. The van der Waals surface area contributed by atoms with Crippen LogP contribution < -0.4 is 10.5 Å². The molecule has 0 saturated carbocycles. The smallest absolute Gasteiger partial charge is 0.205 e. The first-order valence-electron chi connectivity index (χ1n) is 7.85. The predicted octanol–water partition coefficient (Wildman–Crippen LogP) is 4.37. The molecule has 24 heavy (non-hydrogen) atoms. The van der Waals surface area contributed by atoms with Gasteiger partial charge in [-0.1, -0.05) is 60.2 Å². The van der Waals surface area contributed by atoms with Crippen molar-refractivity contribution in [3.63, 3.8) is 0 Å². The van der Waals surface area contributed by atoms with Crippen LogP contribution in [0.4, 0.5) is 0 Å². The van der Waals surface area contributed by atoms with E-state index in [0.29, 0.717) is 5.57 Å². The van der Waals surface area contributed by atoms with Crippen molar-refractivity contribution in [1.29, 1.82) is 5.26 Å². The number of nitriles is 1. The number of hydrogen-bond donors (Lipinski definition) is 1. The average molecular weight is 312 g/mol. The third kappa shape index (κ3) is 2.12. The summed E-state index contributed by atoms with van der Waals surface area (Å²) in [6.07, 6.45) is 0. The number of fused-ring (bicyclic) bond motifs is 3. The molecule has 0 bridgehead atoms. The third-order valence-corrected chi connectivity index (χ3v) is 4.49. The van der Waals surface area contributed by atoms with Gasteiger partial charge in [-0.15, -0.1) is 0 Å². The maximum absolute atomic E-state index is 9.69. The first kappa shape index (κ1) is 14.3. The summed E-state index contributed by atoms with van der Waals surface area (Å²) < 4.78 is 5.76. The molecule has 0 aromatic heterocycles. The molecule has 1 heterocycles. The van der Waals surface area contributed by atoms with Gasteiger partial charge in [0.25, 0.3) is 0 Å². The van der Waals surface area contributed by atoms with Crippen LogP contribution in [0.15, 0.2) is 72.1 Å². The minimum absolute atomic E-state index is 0.187. The van der Waals surface area contributed by atoms with Gasteiger partial charge in [-0.05, 0) is 29.3 Å². The molecular weight excluding hydrogens is 296 g/mol. The lowest BCUT2D eigenvalue weighted by Crippen LogP contribution is -2.21. The summed E-state index contributed by atoms with van der Waals surface area (Å²) in [5.74, 6) is 0.688. The highest BCUT2D eigenvalue weighted by Crippen LogP contribution is 2.45. The molecule has 0 radical (unpaired) electrons. The standard InChI is InChI=1S/C21H16N2O/c1-13-5-4-7-15(11-13)19-17(12-22)21(23)24-18-10-9-14-6-2-3-8-16(14)20(18)19/h2-11,19H,23H2,1H3/t19-/m0/s1. The van der Waals surface area contributed by atoms with E-state index in [1.165, 1.54) is 0 Å². The number of nitrogens with zero attached hydrogens (tertiary/aromatic N) is 1. The molecule has 0 unspecified atom stereocenters. The molecule has 3 aromatic carbocycles. The van der Waals surface area contributed by atoms with E-state index in [2.05, 4.69) is 24.3 Å². The molecule has 1 aliphatic heterocycles. The second-order valence-electron chi connectivity index (χ2n) is 6.04. The topological polar surface area (TPSA) is 59.0 Å². The summed E-state index contributed by atoms with van der Waals surface area (Å²) in [5.41, 5.74) is 9.72. The van der Waals surface area contributed by atoms with Crippen molar-refractivity contribution < 1.29 is 4.74 Å². The Hall–Kier alpha value is -3.25. The van der Waals surface area contributed by atoms with Crippen molar-refractivity contribution in [2.75, 3.05) is 0 Å². The lowest BCUT2D eigenvalue weighted by molar-refractivity contribution is 0.395. The molecule has 116 valence electrons. The summed E-state index contributed by atoms with van der Waals surface area (Å²) in [6, 6.07) is 22.6. The first-order chi connectivity index (χ1) is 11.7. The van der Waals surface area contributed by atoms with Gasteiger partial charge in [0.1, 0.15) is 17.4 Å². The summed E-state index contributed by atoms with van der Waals surface area (Å²) >= 11 is 0. The second kappa shape index (κ2) is 5.43. The molecule has 0 spiro atoms. The Labute approximate surface area is 140 Å². The molecule has 2 N–H and O–H groups in total. The van der Waals surface area contributed by atoms with Gasteiger partial charge in [0, 0.05) is 5.56 Å². The van der Waals surface area contributed by atoms with Gasteiger partial charge in [-0.2, -0.15) is 5.26 Å². The Balaban J connectivity index is 2.07. The van der Waals surface area contributed by atoms with Crippen molar-refractivity contribution in [2.45, 2.75) is 12.8 Å². The number of nitrogens with two attached hydrogens (primary N) is 1. The number of allylic oxidation sites excluding steroid dienone is 1. The van der Waals surface area contributed by atoms with E-state index in [1.807, 2.05) is 49.4 Å². The van der Waals surface area contributed by atoms with Crippen LogP contribution in [0.25, 0.3) is 10.8 Å². The van der Waals surface area contributed by atoms with Crippen molar-refractivity contribution >= 4 is 10.8 Å². The molecule has 3 aromatic rings. The fourth-order valence-electron chi connectivity index (χ4n) is 3.43. The van der Waals surface area contributed by atoms with Gasteiger partial charge in [0.2, 0.25) is 5.88 Å². The van der Waals surface area contributed by atoms with E-state index in [1.54, 1.807) is 0 Å². The van der Waals surface area contributed by atoms with Gasteiger partial charge < -0.3 is 10.5 Å². The van der Waals surface area contributed by atoms with Crippen LogP contribution in [0.1, 0.15) is 22.6 Å². The van der Waals surface area contributed by atoms with Crippen LogP contribution >= 0.6 is 0 Å². The van der Waals surface area contributed by atoms with Crippen molar-refractivity contribution in [1.82, 2.24) is 0 Å². The molecule has 1 aliphatic rings. The zero-order chi connectivity index (χ0) is 16.7. The quantitative estimate of drug-likeness (QED) is 0.726. The highest BCUT2D eigenvalue weighted by Gasteiger charge is 2.32. The monoisotopic (exact) mass is 312 g/mol. The van der Waals surface area contributed by atoms with E-state index in [0.717, 1.165) is 33.2 Å². The highest BCUT2D eigenvalue weighted by molar-refractivity contribution is 5.90. The lowest BCUT2D eigenvalue weighted by Gasteiger charge is -2.28. The molecule has 0 fully saturated rings. The Morgan fingerprint density at radius 3 is 2.67 bits per heavy atom. The zero-order valence-electron chi connectivity index (χ0n) is 13.3. The normalized spacial score (nSPS) is 16.4. The molecule has 1 atom stereocenters. The molecule has 0 amide bonds. The number of hydrogen-bond acceptors (Lipinski definition) is 3. The molecular formula is C21H16N2O. The molecule has 4 rings (SSSR count). The van der Waals surface area contributed by atoms with Gasteiger partial charge >= 0.3 is 0 Å². The molecule has 0 saturated heterocycles. The number of benzene rings is 3. The van der Waals surface area contributed by atoms with E-state index >= 15 is 0 Å². The van der Waals surface area contributed by atoms with Gasteiger partial charge in [-0.3, -0.25) is 0 Å². The van der Waals surface area contributed by atoms with Crippen LogP contribution in [0.2, 0.25) is 0 Å².